The lowest BCUT2D eigenvalue weighted by Crippen LogP contribution is -2.30. The standard InChI is InChI=1S/C73H138O17P2/c1-7-9-11-13-15-17-19-21-23-24-26-28-30-32-37-45-51-57-72(77)89-68(61-83-70(75)55-49-43-36-31-29-27-25-22-20-18-16-14-12-10-8-2)63-87-91(79,80)85-59-67(74)60-86-92(81,82)88-64-69(62-84-71(76)56-50-44-40-39-42-48-54-66(5)6)90-73(78)58-52-46-38-34-33-35-41-47-53-65(3)4/h18,20,22,25,65-69,74H,7-17,19,21,23-24,26-64H2,1-6H3,(H,79,80)(H,81,82)/b20-18-,25-22-/t67-,68-,69-/m1/s1. The highest BCUT2D eigenvalue weighted by atomic mass is 31.2. The van der Waals surface area contributed by atoms with Gasteiger partial charge in [-0.15, -0.1) is 0 Å². The number of ether oxygens (including phenoxy) is 4. The Balaban J connectivity index is 5.27. The molecular formula is C73H138O17P2. The average molecular weight is 1350 g/mol. The van der Waals surface area contributed by atoms with E-state index >= 15 is 0 Å². The van der Waals surface area contributed by atoms with E-state index in [1.807, 2.05) is 0 Å². The van der Waals surface area contributed by atoms with E-state index in [2.05, 4.69) is 65.8 Å². The fraction of sp³-hybridized carbons (Fsp3) is 0.890. The van der Waals surface area contributed by atoms with Gasteiger partial charge in [0.1, 0.15) is 19.3 Å². The molecule has 19 heteroatoms. The zero-order valence-corrected chi connectivity index (χ0v) is 61.1. The Morgan fingerprint density at radius 2 is 0.587 bits per heavy atom. The Morgan fingerprint density at radius 3 is 0.891 bits per heavy atom. The normalized spacial score (nSPS) is 14.2. The van der Waals surface area contributed by atoms with Crippen molar-refractivity contribution in [2.45, 2.75) is 368 Å². The van der Waals surface area contributed by atoms with E-state index in [0.717, 1.165) is 116 Å². The quantitative estimate of drug-likeness (QED) is 0.0169. The van der Waals surface area contributed by atoms with Crippen LogP contribution in [0.1, 0.15) is 350 Å². The van der Waals surface area contributed by atoms with E-state index in [1.165, 1.54) is 141 Å². The Kier molecular flexibility index (Phi) is 62.8. The second-order valence-electron chi connectivity index (χ2n) is 26.6. The van der Waals surface area contributed by atoms with E-state index < -0.39 is 97.5 Å². The van der Waals surface area contributed by atoms with Gasteiger partial charge in [-0.25, -0.2) is 9.13 Å². The second kappa shape index (κ2) is 64.5. The predicted molar refractivity (Wildman–Crippen MR) is 372 cm³/mol. The summed E-state index contributed by atoms with van der Waals surface area (Å²) in [4.78, 5) is 72.6. The van der Waals surface area contributed by atoms with Crippen LogP contribution in [0.5, 0.6) is 0 Å². The number of unbranched alkanes of at least 4 members (excludes halogenated alkanes) is 37. The van der Waals surface area contributed by atoms with E-state index in [1.54, 1.807) is 0 Å². The fourth-order valence-electron chi connectivity index (χ4n) is 10.6. The molecule has 17 nitrogen and oxygen atoms in total. The molecule has 3 N–H and O–H groups in total. The zero-order chi connectivity index (χ0) is 67.9. The molecule has 92 heavy (non-hydrogen) atoms. The van der Waals surface area contributed by atoms with Crippen LogP contribution in [0.2, 0.25) is 0 Å². The largest absolute Gasteiger partial charge is 0.472 e. The molecule has 2 unspecified atom stereocenters. The first kappa shape index (κ1) is 89.5. The fourth-order valence-corrected chi connectivity index (χ4v) is 12.2. The molecule has 0 rings (SSSR count). The number of allylic oxidation sites excluding steroid dienone is 4. The smallest absolute Gasteiger partial charge is 0.462 e. The van der Waals surface area contributed by atoms with Crippen LogP contribution in [-0.4, -0.2) is 96.7 Å². The van der Waals surface area contributed by atoms with Crippen molar-refractivity contribution >= 4 is 39.5 Å². The Bertz CT molecular complexity index is 1880. The molecule has 0 aliphatic carbocycles. The molecule has 0 amide bonds. The minimum atomic E-state index is -4.96. The lowest BCUT2D eigenvalue weighted by molar-refractivity contribution is -0.161. The van der Waals surface area contributed by atoms with Crippen molar-refractivity contribution in [2.24, 2.45) is 11.8 Å². The van der Waals surface area contributed by atoms with E-state index in [0.29, 0.717) is 37.5 Å². The molecule has 0 aliphatic heterocycles. The van der Waals surface area contributed by atoms with Crippen LogP contribution in [0, 0.1) is 11.8 Å². The number of carbonyl (C=O) groups excluding carboxylic acids is 4. The van der Waals surface area contributed by atoms with Crippen molar-refractivity contribution in [3.05, 3.63) is 24.3 Å². The minimum Gasteiger partial charge on any atom is -0.462 e. The summed E-state index contributed by atoms with van der Waals surface area (Å²) >= 11 is 0. The van der Waals surface area contributed by atoms with Gasteiger partial charge in [-0.3, -0.25) is 37.3 Å². The van der Waals surface area contributed by atoms with Crippen LogP contribution in [0.25, 0.3) is 0 Å². The van der Waals surface area contributed by atoms with Crippen LogP contribution < -0.4 is 0 Å². The molecule has 0 aliphatic rings. The first-order valence-electron chi connectivity index (χ1n) is 37.3. The maximum absolute atomic E-state index is 13.0. The van der Waals surface area contributed by atoms with Crippen molar-refractivity contribution < 1.29 is 80.2 Å². The Labute approximate surface area is 561 Å². The summed E-state index contributed by atoms with van der Waals surface area (Å²) < 4.78 is 68.3. The molecule has 0 aromatic carbocycles. The highest BCUT2D eigenvalue weighted by molar-refractivity contribution is 7.47. The number of hydrogen-bond donors (Lipinski definition) is 3. The van der Waals surface area contributed by atoms with Gasteiger partial charge in [0.2, 0.25) is 0 Å². The summed E-state index contributed by atoms with van der Waals surface area (Å²) in [5, 5.41) is 10.6. The first-order valence-corrected chi connectivity index (χ1v) is 40.3. The van der Waals surface area contributed by atoms with E-state index in [-0.39, 0.29) is 25.7 Å². The maximum Gasteiger partial charge on any atom is 0.472 e. The summed E-state index contributed by atoms with van der Waals surface area (Å²) in [6.45, 7) is 9.38. The summed E-state index contributed by atoms with van der Waals surface area (Å²) in [7, 11) is -9.92. The molecule has 0 saturated heterocycles. The zero-order valence-electron chi connectivity index (χ0n) is 59.3. The van der Waals surface area contributed by atoms with Gasteiger partial charge in [0.25, 0.3) is 0 Å². The van der Waals surface area contributed by atoms with Gasteiger partial charge in [0, 0.05) is 25.7 Å². The third-order valence-corrected chi connectivity index (χ3v) is 18.2. The van der Waals surface area contributed by atoms with Crippen LogP contribution in [-0.2, 0) is 65.4 Å². The van der Waals surface area contributed by atoms with E-state index in [9.17, 15) is 43.2 Å². The number of aliphatic hydroxyl groups excluding tert-OH is 1. The van der Waals surface area contributed by atoms with Gasteiger partial charge in [0.15, 0.2) is 12.2 Å². The number of phosphoric acid groups is 2. The molecule has 0 heterocycles. The molecule has 0 radical (unpaired) electrons. The van der Waals surface area contributed by atoms with Gasteiger partial charge in [-0.05, 0) is 63.2 Å². The van der Waals surface area contributed by atoms with Gasteiger partial charge in [-0.2, -0.15) is 0 Å². The van der Waals surface area contributed by atoms with Crippen LogP contribution in [0.15, 0.2) is 24.3 Å². The minimum absolute atomic E-state index is 0.101. The molecule has 0 fully saturated rings. The third kappa shape index (κ3) is 66.2. The molecule has 5 atom stereocenters. The third-order valence-electron chi connectivity index (χ3n) is 16.3. The SMILES string of the molecule is CCCCCC/C=C\C=C/CCCCCCCC(=O)OC[C@H](COP(=O)(O)OC[C@@H](O)COP(=O)(O)OC[C@@H](COC(=O)CCCCCCCCC(C)C)OC(=O)CCCCCCCCCCC(C)C)OC(=O)CCCCCCCCCCCCCCCCCCC. The molecule has 0 aromatic heterocycles. The van der Waals surface area contributed by atoms with Crippen molar-refractivity contribution in [3.8, 4) is 0 Å². The summed E-state index contributed by atoms with van der Waals surface area (Å²) in [5.41, 5.74) is 0. The number of rotatable bonds is 70. The van der Waals surface area contributed by atoms with Crippen LogP contribution in [0.4, 0.5) is 0 Å². The van der Waals surface area contributed by atoms with Gasteiger partial charge < -0.3 is 33.8 Å². The predicted octanol–water partition coefficient (Wildman–Crippen LogP) is 20.7. The number of aliphatic hydroxyl groups is 1. The lowest BCUT2D eigenvalue weighted by Gasteiger charge is -2.21. The summed E-state index contributed by atoms with van der Waals surface area (Å²) in [6, 6.07) is 0. The van der Waals surface area contributed by atoms with Crippen molar-refractivity contribution in [3.63, 3.8) is 0 Å². The number of hydrogen-bond acceptors (Lipinski definition) is 15. The van der Waals surface area contributed by atoms with Gasteiger partial charge in [-0.1, -0.05) is 297 Å². The molecule has 0 spiro atoms. The molecule has 542 valence electrons. The molecule has 0 bridgehead atoms. The monoisotopic (exact) mass is 1350 g/mol. The van der Waals surface area contributed by atoms with Crippen LogP contribution >= 0.6 is 15.6 Å². The molecule has 0 aromatic rings. The van der Waals surface area contributed by atoms with Crippen molar-refractivity contribution in [2.75, 3.05) is 39.6 Å². The average Bonchev–Trinajstić information content (AvgIpc) is 2.91. The summed E-state index contributed by atoms with van der Waals surface area (Å²) in [6.07, 6.45) is 53.8. The number of phosphoric ester groups is 2. The van der Waals surface area contributed by atoms with Crippen LogP contribution in [0.3, 0.4) is 0 Å². The first-order chi connectivity index (χ1) is 44.4. The molecular weight excluding hydrogens is 1210 g/mol. The maximum atomic E-state index is 13.0. The highest BCUT2D eigenvalue weighted by Crippen LogP contribution is 2.45. The number of esters is 4. The lowest BCUT2D eigenvalue weighted by atomic mass is 10.0. The number of carbonyl (C=O) groups is 4. The Hall–Kier alpha value is -2.46. The topological polar surface area (TPSA) is 237 Å². The highest BCUT2D eigenvalue weighted by Gasteiger charge is 2.30. The Morgan fingerprint density at radius 1 is 0.337 bits per heavy atom. The van der Waals surface area contributed by atoms with Gasteiger partial charge >= 0.3 is 39.5 Å². The second-order valence-corrected chi connectivity index (χ2v) is 29.5. The van der Waals surface area contributed by atoms with E-state index in [4.69, 9.17) is 37.0 Å². The van der Waals surface area contributed by atoms with Crippen molar-refractivity contribution in [1.82, 2.24) is 0 Å². The summed E-state index contributed by atoms with van der Waals surface area (Å²) in [5.74, 6) is -0.760. The molecule has 0 saturated carbocycles. The van der Waals surface area contributed by atoms with Crippen molar-refractivity contribution in [1.29, 1.82) is 0 Å². The van der Waals surface area contributed by atoms with Gasteiger partial charge in [0.05, 0.1) is 26.4 Å².